The first kappa shape index (κ1) is 21.4. The van der Waals surface area contributed by atoms with Gasteiger partial charge >= 0.3 is 0 Å². The van der Waals surface area contributed by atoms with E-state index in [0.29, 0.717) is 29.2 Å². The Balaban J connectivity index is 1.93. The SMILES string of the molecule is Cc1c(Cl)cccc1NC(=O)/C(C#N)=C\NCCc1ccc(S(N)(=O)=O)cc1. The molecular formula is C19H19ClN4O3S. The summed E-state index contributed by atoms with van der Waals surface area (Å²) in [6.07, 6.45) is 1.91. The third-order valence-corrected chi connectivity index (χ3v) is 5.28. The number of nitrogens with one attached hydrogen (secondary N) is 2. The molecule has 9 heteroatoms. The van der Waals surface area contributed by atoms with Gasteiger partial charge in [-0.2, -0.15) is 5.26 Å². The van der Waals surface area contributed by atoms with Gasteiger partial charge in [0.05, 0.1) is 4.90 Å². The topological polar surface area (TPSA) is 125 Å². The Hall–Kier alpha value is -2.86. The first-order valence-electron chi connectivity index (χ1n) is 8.24. The third-order valence-electron chi connectivity index (χ3n) is 3.94. The third kappa shape index (κ3) is 5.82. The molecule has 0 unspecified atom stereocenters. The van der Waals surface area contributed by atoms with E-state index in [0.717, 1.165) is 5.56 Å². The maximum absolute atomic E-state index is 12.2. The number of nitrogens with two attached hydrogens (primary N) is 1. The van der Waals surface area contributed by atoms with Gasteiger partial charge in [0.15, 0.2) is 0 Å². The number of benzene rings is 2. The second-order valence-electron chi connectivity index (χ2n) is 5.93. The molecule has 146 valence electrons. The van der Waals surface area contributed by atoms with E-state index >= 15 is 0 Å². The zero-order valence-electron chi connectivity index (χ0n) is 15.1. The van der Waals surface area contributed by atoms with Crippen LogP contribution >= 0.6 is 11.6 Å². The van der Waals surface area contributed by atoms with E-state index in [2.05, 4.69) is 10.6 Å². The first-order chi connectivity index (χ1) is 13.2. The van der Waals surface area contributed by atoms with Crippen molar-refractivity contribution in [1.82, 2.24) is 5.32 Å². The fraction of sp³-hybridized carbons (Fsp3) is 0.158. The van der Waals surface area contributed by atoms with E-state index < -0.39 is 15.9 Å². The van der Waals surface area contributed by atoms with Crippen molar-refractivity contribution in [3.05, 3.63) is 70.4 Å². The normalized spacial score (nSPS) is 11.6. The van der Waals surface area contributed by atoms with Crippen molar-refractivity contribution >= 4 is 33.2 Å². The van der Waals surface area contributed by atoms with E-state index in [1.54, 1.807) is 37.3 Å². The molecule has 0 atom stereocenters. The standard InChI is InChI=1S/C19H19ClN4O3S/c1-13-17(20)3-2-4-18(13)24-19(25)15(11-21)12-23-10-9-14-5-7-16(8-6-14)28(22,26)27/h2-8,12,23H,9-10H2,1H3,(H,24,25)(H2,22,26,27)/b15-12-. The smallest absolute Gasteiger partial charge is 0.267 e. The molecule has 0 aliphatic carbocycles. The van der Waals surface area contributed by atoms with Crippen molar-refractivity contribution < 1.29 is 13.2 Å². The molecule has 0 fully saturated rings. The van der Waals surface area contributed by atoms with Crippen LogP contribution in [0.5, 0.6) is 0 Å². The van der Waals surface area contributed by atoms with Crippen molar-refractivity contribution in [2.75, 3.05) is 11.9 Å². The Morgan fingerprint density at radius 2 is 1.93 bits per heavy atom. The minimum atomic E-state index is -3.71. The van der Waals surface area contributed by atoms with Gasteiger partial charge in [0, 0.05) is 23.5 Å². The van der Waals surface area contributed by atoms with Gasteiger partial charge in [-0.3, -0.25) is 4.79 Å². The number of sulfonamides is 1. The Morgan fingerprint density at radius 1 is 1.25 bits per heavy atom. The number of carbonyl (C=O) groups excluding carboxylic acids is 1. The lowest BCUT2D eigenvalue weighted by molar-refractivity contribution is -0.112. The quantitative estimate of drug-likeness (QED) is 0.362. The molecule has 0 bridgehead atoms. The summed E-state index contributed by atoms with van der Waals surface area (Å²) in [6, 6.07) is 13.2. The van der Waals surface area contributed by atoms with Gasteiger partial charge in [0.2, 0.25) is 10.0 Å². The Morgan fingerprint density at radius 3 is 2.54 bits per heavy atom. The van der Waals surface area contributed by atoms with Crippen LogP contribution in [0, 0.1) is 18.3 Å². The zero-order valence-corrected chi connectivity index (χ0v) is 16.6. The second-order valence-corrected chi connectivity index (χ2v) is 7.90. The summed E-state index contributed by atoms with van der Waals surface area (Å²) in [4.78, 5) is 12.3. The Bertz CT molecular complexity index is 1040. The molecule has 2 aromatic rings. The summed E-state index contributed by atoms with van der Waals surface area (Å²) in [5, 5.41) is 20.3. The van der Waals surface area contributed by atoms with Crippen LogP contribution in [0.2, 0.25) is 5.02 Å². The van der Waals surface area contributed by atoms with E-state index in [-0.39, 0.29) is 10.5 Å². The van der Waals surface area contributed by atoms with E-state index in [1.165, 1.54) is 18.3 Å². The van der Waals surface area contributed by atoms with Gasteiger partial charge in [-0.05, 0) is 48.7 Å². The largest absolute Gasteiger partial charge is 0.389 e. The molecule has 0 radical (unpaired) electrons. The van der Waals surface area contributed by atoms with Crippen LogP contribution in [-0.4, -0.2) is 20.9 Å². The molecule has 0 saturated carbocycles. The number of nitrogens with zero attached hydrogens (tertiary/aromatic N) is 1. The van der Waals surface area contributed by atoms with E-state index in [4.69, 9.17) is 16.7 Å². The van der Waals surface area contributed by atoms with Crippen molar-refractivity contribution in [2.45, 2.75) is 18.2 Å². The number of hydrogen-bond acceptors (Lipinski definition) is 5. The van der Waals surface area contributed by atoms with Crippen LogP contribution < -0.4 is 15.8 Å². The van der Waals surface area contributed by atoms with Crippen LogP contribution in [0.15, 0.2) is 59.1 Å². The number of primary sulfonamides is 1. The minimum absolute atomic E-state index is 0.0452. The highest BCUT2D eigenvalue weighted by Crippen LogP contribution is 2.23. The van der Waals surface area contributed by atoms with E-state index in [1.807, 2.05) is 6.07 Å². The summed E-state index contributed by atoms with van der Waals surface area (Å²) in [6.45, 7) is 2.22. The van der Waals surface area contributed by atoms with Gasteiger partial charge in [0.25, 0.3) is 5.91 Å². The van der Waals surface area contributed by atoms with Gasteiger partial charge in [-0.15, -0.1) is 0 Å². The Labute approximate surface area is 168 Å². The summed E-state index contributed by atoms with van der Waals surface area (Å²) in [7, 11) is -3.71. The summed E-state index contributed by atoms with van der Waals surface area (Å²) < 4.78 is 22.5. The molecule has 0 saturated heterocycles. The van der Waals surface area contributed by atoms with Gasteiger partial charge in [-0.25, -0.2) is 13.6 Å². The highest BCUT2D eigenvalue weighted by molar-refractivity contribution is 7.89. The van der Waals surface area contributed by atoms with Crippen molar-refractivity contribution in [3.63, 3.8) is 0 Å². The maximum atomic E-state index is 12.2. The zero-order chi connectivity index (χ0) is 20.7. The summed E-state index contributed by atoms with van der Waals surface area (Å²) in [5.74, 6) is -0.544. The molecule has 0 aliphatic heterocycles. The minimum Gasteiger partial charge on any atom is -0.389 e. The number of nitriles is 1. The fourth-order valence-electron chi connectivity index (χ4n) is 2.32. The number of rotatable bonds is 7. The second kappa shape index (κ2) is 9.37. The predicted molar refractivity (Wildman–Crippen MR) is 108 cm³/mol. The van der Waals surface area contributed by atoms with Crippen molar-refractivity contribution in [1.29, 1.82) is 5.26 Å². The molecule has 4 N–H and O–H groups in total. The number of amides is 1. The average Bonchev–Trinajstić information content (AvgIpc) is 2.65. The number of anilines is 1. The Kier molecular flexibility index (Phi) is 7.18. The van der Waals surface area contributed by atoms with Crippen molar-refractivity contribution in [2.24, 2.45) is 5.14 Å². The lowest BCUT2D eigenvalue weighted by atomic mass is 10.1. The van der Waals surface area contributed by atoms with Crippen LogP contribution in [0.25, 0.3) is 0 Å². The maximum Gasteiger partial charge on any atom is 0.267 e. The fourth-order valence-corrected chi connectivity index (χ4v) is 3.01. The highest BCUT2D eigenvalue weighted by Gasteiger charge is 2.11. The number of halogens is 1. The molecule has 1 amide bonds. The molecule has 0 aromatic heterocycles. The lowest BCUT2D eigenvalue weighted by Crippen LogP contribution is -2.18. The van der Waals surface area contributed by atoms with E-state index in [9.17, 15) is 18.5 Å². The van der Waals surface area contributed by atoms with Crippen LogP contribution in [0.3, 0.4) is 0 Å². The van der Waals surface area contributed by atoms with Crippen LogP contribution in [0.1, 0.15) is 11.1 Å². The van der Waals surface area contributed by atoms with Gasteiger partial charge in [0.1, 0.15) is 11.6 Å². The molecule has 28 heavy (non-hydrogen) atoms. The molecule has 7 nitrogen and oxygen atoms in total. The monoisotopic (exact) mass is 418 g/mol. The van der Waals surface area contributed by atoms with Crippen LogP contribution in [-0.2, 0) is 21.2 Å². The molecule has 2 aromatic carbocycles. The average molecular weight is 419 g/mol. The first-order valence-corrected chi connectivity index (χ1v) is 10.2. The van der Waals surface area contributed by atoms with Gasteiger partial charge < -0.3 is 10.6 Å². The molecule has 0 spiro atoms. The summed E-state index contributed by atoms with van der Waals surface area (Å²) in [5.41, 5.74) is 2.05. The summed E-state index contributed by atoms with van der Waals surface area (Å²) >= 11 is 6.02. The molecule has 0 heterocycles. The molecule has 0 aliphatic rings. The number of carbonyl (C=O) groups is 1. The van der Waals surface area contributed by atoms with Crippen LogP contribution in [0.4, 0.5) is 5.69 Å². The highest BCUT2D eigenvalue weighted by atomic mass is 35.5. The molecular weight excluding hydrogens is 400 g/mol. The van der Waals surface area contributed by atoms with Gasteiger partial charge in [-0.1, -0.05) is 29.8 Å². The lowest BCUT2D eigenvalue weighted by Gasteiger charge is -2.09. The van der Waals surface area contributed by atoms with Crippen molar-refractivity contribution in [3.8, 4) is 6.07 Å². The molecule has 2 rings (SSSR count). The number of hydrogen-bond donors (Lipinski definition) is 3. The predicted octanol–water partition coefficient (Wildman–Crippen LogP) is 2.47.